The highest BCUT2D eigenvalue weighted by molar-refractivity contribution is 9.10. The number of amides is 1. The highest BCUT2D eigenvalue weighted by atomic mass is 79.9. The Morgan fingerprint density at radius 2 is 2.22 bits per heavy atom. The van der Waals surface area contributed by atoms with E-state index in [0.717, 1.165) is 4.47 Å². The van der Waals surface area contributed by atoms with E-state index in [1.807, 2.05) is 24.0 Å². The van der Waals surface area contributed by atoms with Crippen LogP contribution in [0.4, 0.5) is 5.82 Å². The number of hydrogen-bond acceptors (Lipinski definition) is 4. The van der Waals surface area contributed by atoms with Gasteiger partial charge >= 0.3 is 0 Å². The Morgan fingerprint density at radius 3 is 2.83 bits per heavy atom. The first-order chi connectivity index (χ1) is 8.66. The molecule has 1 atom stereocenters. The van der Waals surface area contributed by atoms with E-state index in [1.165, 1.54) is 0 Å². The van der Waals surface area contributed by atoms with Gasteiger partial charge in [-0.25, -0.2) is 4.98 Å². The zero-order valence-electron chi connectivity index (χ0n) is 10.2. The number of halogens is 1. The van der Waals surface area contributed by atoms with Crippen molar-refractivity contribution < 1.29 is 9.53 Å². The predicted octanol–water partition coefficient (Wildman–Crippen LogP) is 1.50. The molecule has 0 spiro atoms. The summed E-state index contributed by atoms with van der Waals surface area (Å²) in [5, 5.41) is 3.10. The van der Waals surface area contributed by atoms with Crippen molar-refractivity contribution in [1.29, 1.82) is 0 Å². The molecule has 6 heteroatoms. The van der Waals surface area contributed by atoms with Gasteiger partial charge in [0.25, 0.3) is 0 Å². The van der Waals surface area contributed by atoms with Crippen LogP contribution in [0.1, 0.15) is 6.92 Å². The lowest BCUT2D eigenvalue weighted by molar-refractivity contribution is -0.135. The maximum absolute atomic E-state index is 12.1. The molecule has 0 radical (unpaired) electrons. The van der Waals surface area contributed by atoms with Gasteiger partial charge in [-0.3, -0.25) is 4.79 Å². The van der Waals surface area contributed by atoms with Crippen molar-refractivity contribution in [2.45, 2.75) is 13.0 Å². The lowest BCUT2D eigenvalue weighted by atomic mass is 10.2. The van der Waals surface area contributed by atoms with E-state index in [1.54, 1.807) is 6.20 Å². The van der Waals surface area contributed by atoms with E-state index in [-0.39, 0.29) is 11.9 Å². The van der Waals surface area contributed by atoms with Crippen LogP contribution in [-0.2, 0) is 9.53 Å². The Bertz CT molecular complexity index is 404. The van der Waals surface area contributed by atoms with Crippen molar-refractivity contribution >= 4 is 27.7 Å². The fraction of sp³-hybridized carbons (Fsp3) is 0.500. The van der Waals surface area contributed by atoms with Gasteiger partial charge in [0.1, 0.15) is 11.9 Å². The minimum absolute atomic E-state index is 0.0861. The SMILES string of the molecule is CC(Nc1ccc(Br)cn1)C(=O)N1CCOCC1. The zero-order valence-corrected chi connectivity index (χ0v) is 11.8. The van der Waals surface area contributed by atoms with Crippen LogP contribution in [0.5, 0.6) is 0 Å². The summed E-state index contributed by atoms with van der Waals surface area (Å²) in [6, 6.07) is 3.45. The second-order valence-corrected chi connectivity index (χ2v) is 5.08. The summed E-state index contributed by atoms with van der Waals surface area (Å²) in [5.74, 6) is 0.787. The summed E-state index contributed by atoms with van der Waals surface area (Å²) in [4.78, 5) is 18.2. The van der Waals surface area contributed by atoms with Crippen LogP contribution < -0.4 is 5.32 Å². The third-order valence-electron chi connectivity index (χ3n) is 2.78. The molecule has 1 aliphatic heterocycles. The molecule has 1 aromatic rings. The minimum Gasteiger partial charge on any atom is -0.378 e. The average Bonchev–Trinajstić information content (AvgIpc) is 2.41. The fourth-order valence-electron chi connectivity index (χ4n) is 1.80. The molecule has 1 saturated heterocycles. The van der Waals surface area contributed by atoms with E-state index >= 15 is 0 Å². The normalized spacial score (nSPS) is 17.3. The number of ether oxygens (including phenoxy) is 1. The number of pyridine rings is 1. The smallest absolute Gasteiger partial charge is 0.244 e. The number of hydrogen-bond donors (Lipinski definition) is 1. The molecule has 0 saturated carbocycles. The van der Waals surface area contributed by atoms with Crippen LogP contribution in [-0.4, -0.2) is 48.1 Å². The van der Waals surface area contributed by atoms with Crippen LogP contribution in [0.2, 0.25) is 0 Å². The van der Waals surface area contributed by atoms with E-state index in [9.17, 15) is 4.79 Å². The van der Waals surface area contributed by atoms with E-state index in [4.69, 9.17) is 4.74 Å². The van der Waals surface area contributed by atoms with Gasteiger partial charge in [0.15, 0.2) is 0 Å². The Balaban J connectivity index is 1.92. The second kappa shape index (κ2) is 6.15. The summed E-state index contributed by atoms with van der Waals surface area (Å²) in [7, 11) is 0. The molecule has 2 heterocycles. The first-order valence-corrected chi connectivity index (χ1v) is 6.71. The Kier molecular flexibility index (Phi) is 4.54. The number of nitrogens with one attached hydrogen (secondary N) is 1. The van der Waals surface area contributed by atoms with Crippen molar-refractivity contribution in [3.8, 4) is 0 Å². The Labute approximate surface area is 115 Å². The summed E-state index contributed by atoms with van der Waals surface area (Å²) in [6.07, 6.45) is 1.70. The topological polar surface area (TPSA) is 54.5 Å². The second-order valence-electron chi connectivity index (χ2n) is 4.17. The molecule has 1 fully saturated rings. The predicted molar refractivity (Wildman–Crippen MR) is 72.4 cm³/mol. The Morgan fingerprint density at radius 1 is 1.50 bits per heavy atom. The third-order valence-corrected chi connectivity index (χ3v) is 3.25. The fourth-order valence-corrected chi connectivity index (χ4v) is 2.04. The van der Waals surface area contributed by atoms with Gasteiger partial charge in [0.05, 0.1) is 13.2 Å². The van der Waals surface area contributed by atoms with Crippen LogP contribution in [0.25, 0.3) is 0 Å². The molecule has 1 aliphatic rings. The first kappa shape index (κ1) is 13.3. The molecule has 18 heavy (non-hydrogen) atoms. The summed E-state index contributed by atoms with van der Waals surface area (Å²) in [6.45, 7) is 4.42. The number of anilines is 1. The third kappa shape index (κ3) is 3.43. The first-order valence-electron chi connectivity index (χ1n) is 5.91. The number of nitrogens with zero attached hydrogens (tertiary/aromatic N) is 2. The van der Waals surface area contributed by atoms with Gasteiger partial charge in [-0.15, -0.1) is 0 Å². The van der Waals surface area contributed by atoms with Gasteiger partial charge in [-0.05, 0) is 35.0 Å². The minimum atomic E-state index is -0.281. The average molecular weight is 314 g/mol. The number of carbonyl (C=O) groups excluding carboxylic acids is 1. The van der Waals surface area contributed by atoms with Gasteiger partial charge in [-0.1, -0.05) is 0 Å². The maximum Gasteiger partial charge on any atom is 0.244 e. The number of carbonyl (C=O) groups is 1. The van der Waals surface area contributed by atoms with Crippen LogP contribution >= 0.6 is 15.9 Å². The van der Waals surface area contributed by atoms with Gasteiger partial charge in [0.2, 0.25) is 5.91 Å². The van der Waals surface area contributed by atoms with Crippen LogP contribution in [0, 0.1) is 0 Å². The molecule has 1 N–H and O–H groups in total. The summed E-state index contributed by atoms with van der Waals surface area (Å²) < 4.78 is 6.15. The molecule has 98 valence electrons. The molecule has 0 aromatic carbocycles. The quantitative estimate of drug-likeness (QED) is 0.919. The lowest BCUT2D eigenvalue weighted by Crippen LogP contribution is -2.47. The molecule has 2 rings (SSSR count). The van der Waals surface area contributed by atoms with E-state index in [0.29, 0.717) is 32.1 Å². The van der Waals surface area contributed by atoms with Crippen molar-refractivity contribution in [1.82, 2.24) is 9.88 Å². The van der Waals surface area contributed by atoms with Crippen LogP contribution in [0.3, 0.4) is 0 Å². The van der Waals surface area contributed by atoms with Crippen molar-refractivity contribution in [2.24, 2.45) is 0 Å². The molecule has 0 bridgehead atoms. The highest BCUT2D eigenvalue weighted by Gasteiger charge is 2.22. The van der Waals surface area contributed by atoms with E-state index < -0.39 is 0 Å². The lowest BCUT2D eigenvalue weighted by Gasteiger charge is -2.29. The zero-order chi connectivity index (χ0) is 13.0. The largest absolute Gasteiger partial charge is 0.378 e. The van der Waals surface area contributed by atoms with Gasteiger partial charge in [-0.2, -0.15) is 0 Å². The van der Waals surface area contributed by atoms with Gasteiger partial charge < -0.3 is 15.0 Å². The molecule has 0 aliphatic carbocycles. The molecular weight excluding hydrogens is 298 g/mol. The van der Waals surface area contributed by atoms with Gasteiger partial charge in [0, 0.05) is 23.8 Å². The number of rotatable bonds is 3. The standard InChI is InChI=1S/C12H16BrN3O2/c1-9(12(17)16-4-6-18-7-5-16)15-11-3-2-10(13)8-14-11/h2-3,8-9H,4-7H2,1H3,(H,14,15). The van der Waals surface area contributed by atoms with Crippen molar-refractivity contribution in [3.63, 3.8) is 0 Å². The van der Waals surface area contributed by atoms with Crippen molar-refractivity contribution in [2.75, 3.05) is 31.6 Å². The summed E-state index contributed by atoms with van der Waals surface area (Å²) in [5.41, 5.74) is 0. The van der Waals surface area contributed by atoms with E-state index in [2.05, 4.69) is 26.2 Å². The molecular formula is C12H16BrN3O2. The van der Waals surface area contributed by atoms with Crippen molar-refractivity contribution in [3.05, 3.63) is 22.8 Å². The molecule has 1 aromatic heterocycles. The summed E-state index contributed by atoms with van der Waals surface area (Å²) >= 11 is 3.32. The highest BCUT2D eigenvalue weighted by Crippen LogP contribution is 2.12. The van der Waals surface area contributed by atoms with Crippen LogP contribution in [0.15, 0.2) is 22.8 Å². The maximum atomic E-state index is 12.1. The Hall–Kier alpha value is -1.14. The molecule has 5 nitrogen and oxygen atoms in total. The number of morpholine rings is 1. The monoisotopic (exact) mass is 313 g/mol. The molecule has 1 amide bonds. The number of aromatic nitrogens is 1. The molecule has 1 unspecified atom stereocenters.